The molecule has 1 saturated heterocycles. The van der Waals surface area contributed by atoms with Crippen molar-refractivity contribution in [2.24, 2.45) is 0 Å². The minimum Gasteiger partial charge on any atom is -0.490 e. The van der Waals surface area contributed by atoms with Crippen molar-refractivity contribution >= 4 is 11.6 Å². The number of carbonyl (C=O) groups excluding carboxylic acids is 1. The predicted molar refractivity (Wildman–Crippen MR) is 100 cm³/mol. The highest BCUT2D eigenvalue weighted by atomic mass is 16.5. The molecule has 1 fully saturated rings. The van der Waals surface area contributed by atoms with Crippen molar-refractivity contribution in [2.45, 2.75) is 53.0 Å². The Bertz CT molecular complexity index is 732. The lowest BCUT2D eigenvalue weighted by atomic mass is 9.87. The Hall–Kier alpha value is -2.08. The highest BCUT2D eigenvalue weighted by Crippen LogP contribution is 2.24. The summed E-state index contributed by atoms with van der Waals surface area (Å²) in [4.78, 5) is 17.6. The van der Waals surface area contributed by atoms with Gasteiger partial charge >= 0.3 is 0 Å². The number of piperidine rings is 1. The third-order valence-electron chi connectivity index (χ3n) is 4.83. The van der Waals surface area contributed by atoms with E-state index in [1.807, 2.05) is 36.6 Å². The van der Waals surface area contributed by atoms with E-state index in [1.165, 1.54) is 0 Å². The molecule has 0 spiro atoms. The van der Waals surface area contributed by atoms with E-state index >= 15 is 0 Å². The zero-order valence-corrected chi connectivity index (χ0v) is 14.7. The molecular formula is C19H30N4O2. The number of hydrogen-bond donors (Lipinski definition) is 2. The molecular weight excluding hydrogens is 316 g/mol. The predicted octanol–water partition coefficient (Wildman–Crippen LogP) is 2.94. The number of fused-ring (bicyclic) bond motifs is 1. The molecule has 3 rings (SSSR count). The summed E-state index contributed by atoms with van der Waals surface area (Å²) in [5.74, 6) is 0.630. The third kappa shape index (κ3) is 3.63. The number of ether oxygens (including phenoxy) is 1. The van der Waals surface area contributed by atoms with Gasteiger partial charge in [0, 0.05) is 12.7 Å². The number of nitrogens with one attached hydrogen (secondary N) is 2. The molecule has 0 bridgehead atoms. The Morgan fingerprint density at radius 3 is 2.92 bits per heavy atom. The van der Waals surface area contributed by atoms with E-state index in [1.54, 1.807) is 0 Å². The highest BCUT2D eigenvalue weighted by Gasteiger charge is 2.33. The summed E-state index contributed by atoms with van der Waals surface area (Å²) < 4.78 is 7.46. The quantitative estimate of drug-likeness (QED) is 0.873. The topological polar surface area (TPSA) is 67.7 Å². The molecule has 3 heterocycles. The Morgan fingerprint density at radius 1 is 1.48 bits per heavy atom. The molecule has 1 aliphatic heterocycles. The smallest absolute Gasteiger partial charge is 0.270 e. The van der Waals surface area contributed by atoms with Crippen LogP contribution in [0.2, 0.25) is 0 Å². The maximum Gasteiger partial charge on any atom is 0.270 e. The number of hydrogen-bond acceptors (Lipinski definition) is 4. The highest BCUT2D eigenvalue weighted by molar-refractivity contribution is 5.95. The van der Waals surface area contributed by atoms with Gasteiger partial charge in [-0.2, -0.15) is 0 Å². The Kier molecular flexibility index (Phi) is 6.06. The summed E-state index contributed by atoms with van der Waals surface area (Å²) in [5.41, 5.74) is 1.82. The normalized spacial score (nSPS) is 20.1. The molecule has 1 unspecified atom stereocenters. The van der Waals surface area contributed by atoms with Crippen molar-refractivity contribution in [1.29, 1.82) is 0 Å². The van der Waals surface area contributed by atoms with Crippen molar-refractivity contribution in [3.63, 3.8) is 0 Å². The van der Waals surface area contributed by atoms with Crippen LogP contribution in [0, 0.1) is 6.92 Å². The summed E-state index contributed by atoms with van der Waals surface area (Å²) in [7, 11) is 0. The fourth-order valence-electron chi connectivity index (χ4n) is 3.46. The average molecular weight is 346 g/mol. The van der Waals surface area contributed by atoms with Crippen molar-refractivity contribution in [2.75, 3.05) is 19.7 Å². The molecule has 2 aromatic heterocycles. The molecule has 0 saturated carbocycles. The summed E-state index contributed by atoms with van der Waals surface area (Å²) in [6.07, 6.45) is 4.85. The molecule has 0 aromatic carbocycles. The molecule has 0 aliphatic carbocycles. The molecule has 1 amide bonds. The summed E-state index contributed by atoms with van der Waals surface area (Å²) in [5, 5.41) is 6.66. The van der Waals surface area contributed by atoms with Crippen LogP contribution in [0.15, 0.2) is 18.3 Å². The van der Waals surface area contributed by atoms with Crippen LogP contribution >= 0.6 is 0 Å². The summed E-state index contributed by atoms with van der Waals surface area (Å²) in [6, 6.07) is 3.76. The van der Waals surface area contributed by atoms with E-state index in [9.17, 15) is 4.79 Å². The third-order valence-corrected chi connectivity index (χ3v) is 4.83. The average Bonchev–Trinajstić information content (AvgIpc) is 2.93. The number of aromatic nitrogens is 2. The lowest BCUT2D eigenvalue weighted by Gasteiger charge is -2.37. The molecule has 1 aliphatic rings. The Morgan fingerprint density at radius 2 is 2.28 bits per heavy atom. The van der Waals surface area contributed by atoms with Crippen molar-refractivity contribution in [1.82, 2.24) is 20.0 Å². The number of carbonyl (C=O) groups is 1. The van der Waals surface area contributed by atoms with E-state index in [-0.39, 0.29) is 18.9 Å². The Balaban J connectivity index is 0.00000225. The number of amides is 1. The first-order chi connectivity index (χ1) is 11.6. The molecule has 2 aromatic rings. The van der Waals surface area contributed by atoms with Gasteiger partial charge < -0.3 is 15.4 Å². The molecule has 6 nitrogen and oxygen atoms in total. The zero-order valence-electron chi connectivity index (χ0n) is 14.7. The maximum atomic E-state index is 13.0. The maximum absolute atomic E-state index is 13.0. The second kappa shape index (κ2) is 7.87. The van der Waals surface area contributed by atoms with E-state index in [0.717, 1.165) is 38.0 Å². The van der Waals surface area contributed by atoms with Gasteiger partial charge in [0.1, 0.15) is 5.69 Å². The van der Waals surface area contributed by atoms with Crippen LogP contribution in [0.5, 0.6) is 5.75 Å². The van der Waals surface area contributed by atoms with Gasteiger partial charge in [-0.05, 0) is 51.8 Å². The van der Waals surface area contributed by atoms with Crippen LogP contribution in [0.3, 0.4) is 0 Å². The van der Waals surface area contributed by atoms with Crippen LogP contribution in [0.4, 0.5) is 0 Å². The number of nitrogens with zero attached hydrogens (tertiary/aromatic N) is 2. The summed E-state index contributed by atoms with van der Waals surface area (Å²) >= 11 is 0. The van der Waals surface area contributed by atoms with Crippen molar-refractivity contribution < 1.29 is 9.53 Å². The van der Waals surface area contributed by atoms with Crippen LogP contribution < -0.4 is 15.4 Å². The van der Waals surface area contributed by atoms with Crippen molar-refractivity contribution in [3.05, 3.63) is 29.7 Å². The van der Waals surface area contributed by atoms with E-state index in [0.29, 0.717) is 23.7 Å². The Labute approximate surface area is 150 Å². The molecule has 0 radical (unpaired) electrons. The standard InChI is InChI=1S/C18H26N4O2.CH4/c1-4-18(9-7-10-19-12-18)21-17(23)15-13(3)20-16-14(24-5-2)8-6-11-22(15)16;/h6,8,11,19H,4-5,7,9-10,12H2,1-3H3,(H,21,23);1H4. The largest absolute Gasteiger partial charge is 0.490 e. The minimum atomic E-state index is -0.177. The second-order valence-corrected chi connectivity index (χ2v) is 6.41. The fourth-order valence-corrected chi connectivity index (χ4v) is 3.46. The lowest BCUT2D eigenvalue weighted by molar-refractivity contribution is 0.0868. The molecule has 2 N–H and O–H groups in total. The van der Waals surface area contributed by atoms with Gasteiger partial charge in [-0.3, -0.25) is 9.20 Å². The van der Waals surface area contributed by atoms with Gasteiger partial charge in [0.15, 0.2) is 11.4 Å². The van der Waals surface area contributed by atoms with Gasteiger partial charge in [-0.25, -0.2) is 4.98 Å². The van der Waals surface area contributed by atoms with E-state index in [2.05, 4.69) is 22.5 Å². The van der Waals surface area contributed by atoms with Gasteiger partial charge in [-0.1, -0.05) is 14.4 Å². The fraction of sp³-hybridized carbons (Fsp3) is 0.579. The zero-order chi connectivity index (χ0) is 17.2. The van der Waals surface area contributed by atoms with Crippen LogP contribution in [0.1, 0.15) is 56.7 Å². The van der Waals surface area contributed by atoms with Crippen LogP contribution in [-0.2, 0) is 0 Å². The monoisotopic (exact) mass is 346 g/mol. The number of pyridine rings is 1. The first kappa shape index (κ1) is 19.2. The number of aryl methyl sites for hydroxylation is 1. The van der Waals surface area contributed by atoms with Gasteiger partial charge in [0.05, 0.1) is 17.8 Å². The first-order valence-corrected chi connectivity index (χ1v) is 8.74. The lowest BCUT2D eigenvalue weighted by Crippen LogP contribution is -2.57. The SMILES string of the molecule is C.CCOc1cccn2c(C(=O)NC3(CC)CCCNC3)c(C)nc12. The van der Waals surface area contributed by atoms with Gasteiger partial charge in [0.2, 0.25) is 0 Å². The number of rotatable bonds is 5. The van der Waals surface area contributed by atoms with Gasteiger partial charge in [-0.15, -0.1) is 0 Å². The second-order valence-electron chi connectivity index (χ2n) is 6.41. The minimum absolute atomic E-state index is 0. The van der Waals surface area contributed by atoms with Crippen LogP contribution in [-0.4, -0.2) is 40.5 Å². The van der Waals surface area contributed by atoms with Crippen LogP contribution in [0.25, 0.3) is 5.65 Å². The first-order valence-electron chi connectivity index (χ1n) is 8.74. The van der Waals surface area contributed by atoms with Gasteiger partial charge in [0.25, 0.3) is 5.91 Å². The molecule has 6 heteroatoms. The van der Waals surface area contributed by atoms with E-state index < -0.39 is 0 Å². The van der Waals surface area contributed by atoms with Crippen molar-refractivity contribution in [3.8, 4) is 5.75 Å². The van der Waals surface area contributed by atoms with E-state index in [4.69, 9.17) is 4.74 Å². The molecule has 25 heavy (non-hydrogen) atoms. The molecule has 138 valence electrons. The number of imidazole rings is 1. The summed E-state index contributed by atoms with van der Waals surface area (Å²) in [6.45, 7) is 8.34. The molecule has 1 atom stereocenters.